The van der Waals surface area contributed by atoms with Crippen LogP contribution in [0.1, 0.15) is 60.3 Å². The number of rotatable bonds is 10. The van der Waals surface area contributed by atoms with E-state index in [0.29, 0.717) is 25.0 Å². The van der Waals surface area contributed by atoms with Gasteiger partial charge in [-0.15, -0.1) is 11.8 Å². The Morgan fingerprint density at radius 1 is 1.08 bits per heavy atom. The predicted octanol–water partition coefficient (Wildman–Crippen LogP) is 4.25. The maximum atomic E-state index is 13.0. The molecule has 2 heterocycles. The number of aliphatic hydroxyl groups excluding tert-OH is 2. The van der Waals surface area contributed by atoms with E-state index >= 15 is 0 Å². The monoisotopic (exact) mass is 523 g/mol. The first-order valence-electron chi connectivity index (χ1n) is 13.3. The number of thioether (sulfide) groups is 1. The summed E-state index contributed by atoms with van der Waals surface area (Å²) in [6.45, 7) is 11.2. The molecule has 7 nitrogen and oxygen atoms in total. The highest BCUT2D eigenvalue weighted by Gasteiger charge is 2.46. The number of carbonyl (C=O) groups excluding carboxylic acids is 1. The van der Waals surface area contributed by atoms with Crippen molar-refractivity contribution in [3.05, 3.63) is 35.3 Å². The molecule has 3 aliphatic rings. The van der Waals surface area contributed by atoms with Gasteiger partial charge in [-0.3, -0.25) is 9.69 Å². The molecule has 0 radical (unpaired) electrons. The molecule has 36 heavy (non-hydrogen) atoms. The molecule has 2 N–H and O–H groups in total. The minimum Gasteiger partial charge on any atom is -0.468 e. The lowest BCUT2D eigenvalue weighted by Gasteiger charge is -2.40. The average Bonchev–Trinajstić information content (AvgIpc) is 3.49. The van der Waals surface area contributed by atoms with Gasteiger partial charge in [0.15, 0.2) is 5.79 Å². The molecule has 2 fully saturated rings. The molecule has 0 bridgehead atoms. The van der Waals surface area contributed by atoms with E-state index in [1.807, 2.05) is 30.9 Å². The predicted molar refractivity (Wildman–Crippen MR) is 143 cm³/mol. The summed E-state index contributed by atoms with van der Waals surface area (Å²) in [5, 5.41) is 20.9. The van der Waals surface area contributed by atoms with Crippen molar-refractivity contribution in [1.82, 2.24) is 4.90 Å². The molecule has 2 aliphatic heterocycles. The molecule has 0 aromatic rings. The van der Waals surface area contributed by atoms with Gasteiger partial charge in [-0.2, -0.15) is 0 Å². The second-order valence-electron chi connectivity index (χ2n) is 10.7. The van der Waals surface area contributed by atoms with Crippen molar-refractivity contribution in [3.8, 4) is 0 Å². The van der Waals surface area contributed by atoms with Gasteiger partial charge in [0.25, 0.3) is 0 Å². The molecule has 1 spiro atoms. The Morgan fingerprint density at radius 2 is 1.72 bits per heavy atom. The molecule has 204 valence electrons. The lowest BCUT2D eigenvalue weighted by Crippen LogP contribution is -2.53. The average molecular weight is 524 g/mol. The van der Waals surface area contributed by atoms with Gasteiger partial charge in [-0.1, -0.05) is 51.2 Å². The zero-order chi connectivity index (χ0) is 26.5. The first-order valence-corrected chi connectivity index (χ1v) is 14.2. The minimum absolute atomic E-state index is 0.151. The number of ether oxygens (including phenoxy) is 3. The van der Waals surface area contributed by atoms with Crippen LogP contribution in [0.4, 0.5) is 0 Å². The van der Waals surface area contributed by atoms with Gasteiger partial charge in [-0.25, -0.2) is 0 Å². The lowest BCUT2D eigenvalue weighted by molar-refractivity contribution is -0.180. The van der Waals surface area contributed by atoms with E-state index in [9.17, 15) is 15.0 Å². The third kappa shape index (κ3) is 7.23. The van der Waals surface area contributed by atoms with E-state index in [2.05, 4.69) is 26.0 Å². The van der Waals surface area contributed by atoms with Crippen LogP contribution in [0.25, 0.3) is 0 Å². The van der Waals surface area contributed by atoms with Crippen LogP contribution in [-0.2, 0) is 19.0 Å². The van der Waals surface area contributed by atoms with Crippen LogP contribution in [-0.4, -0.2) is 76.9 Å². The highest BCUT2D eigenvalue weighted by atomic mass is 32.2. The molecule has 1 aliphatic carbocycles. The third-order valence-corrected chi connectivity index (χ3v) is 8.83. The Bertz CT molecular complexity index is 809. The number of esters is 1. The van der Waals surface area contributed by atoms with Gasteiger partial charge in [0.2, 0.25) is 0 Å². The maximum Gasteiger partial charge on any atom is 0.321 e. The Balaban J connectivity index is 1.89. The topological polar surface area (TPSA) is 88.5 Å². The van der Waals surface area contributed by atoms with Gasteiger partial charge in [0, 0.05) is 24.8 Å². The van der Waals surface area contributed by atoms with E-state index < -0.39 is 23.4 Å². The number of aliphatic hydroxyl groups is 2. The summed E-state index contributed by atoms with van der Waals surface area (Å²) in [6, 6.07) is -0.557. The standard InChI is InChI=1S/C28H45NO6S/c1-18(2)7-8-19(3)26(31)29(20(4)9-10-21(5)30)23-17-24(36-25(23)27(32)33-6)22-11-13-28(14-12-22)34-15-16-35-28/h7-10,17-23,25-26,30-31H,11-16H2,1-6H3/b8-7+,10-9+. The third-order valence-electron chi connectivity index (χ3n) is 7.36. The zero-order valence-electron chi connectivity index (χ0n) is 22.6. The van der Waals surface area contributed by atoms with Crippen LogP contribution < -0.4 is 0 Å². The molecule has 0 aromatic carbocycles. The van der Waals surface area contributed by atoms with Crippen molar-refractivity contribution in [3.63, 3.8) is 0 Å². The smallest absolute Gasteiger partial charge is 0.321 e. The fraction of sp³-hybridized carbons (Fsp3) is 0.750. The van der Waals surface area contributed by atoms with Crippen molar-refractivity contribution in [1.29, 1.82) is 0 Å². The summed E-state index contributed by atoms with van der Waals surface area (Å²) in [7, 11) is 1.42. The van der Waals surface area contributed by atoms with E-state index in [0.717, 1.165) is 25.7 Å². The van der Waals surface area contributed by atoms with Crippen molar-refractivity contribution in [2.45, 2.75) is 95.8 Å². The molecular weight excluding hydrogens is 478 g/mol. The Kier molecular flexibility index (Phi) is 10.7. The van der Waals surface area contributed by atoms with Gasteiger partial charge in [-0.05, 0) is 43.4 Å². The first kappa shape index (κ1) is 29.4. The summed E-state index contributed by atoms with van der Waals surface area (Å²) >= 11 is 1.57. The molecule has 6 atom stereocenters. The zero-order valence-corrected chi connectivity index (χ0v) is 23.4. The Labute approximate surface area is 220 Å². The highest BCUT2D eigenvalue weighted by molar-refractivity contribution is 8.04. The number of hydrogen-bond donors (Lipinski definition) is 2. The van der Waals surface area contributed by atoms with Crippen LogP contribution in [0.2, 0.25) is 0 Å². The molecule has 3 rings (SSSR count). The van der Waals surface area contributed by atoms with Gasteiger partial charge in [0.05, 0.1) is 32.5 Å². The molecule has 1 saturated heterocycles. The molecule has 6 unspecified atom stereocenters. The number of hydrogen-bond acceptors (Lipinski definition) is 8. The number of methoxy groups -OCH3 is 1. The van der Waals surface area contributed by atoms with Gasteiger partial charge < -0.3 is 24.4 Å². The Morgan fingerprint density at radius 3 is 2.28 bits per heavy atom. The molecule has 0 amide bonds. The summed E-state index contributed by atoms with van der Waals surface area (Å²) in [5.74, 6) is -0.171. The lowest BCUT2D eigenvalue weighted by atomic mass is 9.84. The maximum absolute atomic E-state index is 13.0. The van der Waals surface area contributed by atoms with Crippen LogP contribution in [0.15, 0.2) is 35.3 Å². The van der Waals surface area contributed by atoms with Crippen LogP contribution in [0, 0.1) is 17.8 Å². The summed E-state index contributed by atoms with van der Waals surface area (Å²) < 4.78 is 17.0. The Hall–Kier alpha value is -1.16. The number of allylic oxidation sites excluding steroid dienone is 2. The quantitative estimate of drug-likeness (QED) is 0.250. The number of nitrogens with zero attached hydrogens (tertiary/aromatic N) is 1. The van der Waals surface area contributed by atoms with E-state index in [4.69, 9.17) is 14.2 Å². The summed E-state index contributed by atoms with van der Waals surface area (Å²) in [5.41, 5.74) is 0. The highest BCUT2D eigenvalue weighted by Crippen LogP contribution is 2.48. The normalized spacial score (nSPS) is 28.3. The van der Waals surface area contributed by atoms with E-state index in [1.54, 1.807) is 24.8 Å². The van der Waals surface area contributed by atoms with Crippen LogP contribution in [0.5, 0.6) is 0 Å². The fourth-order valence-corrected chi connectivity index (χ4v) is 6.79. The van der Waals surface area contributed by atoms with Crippen molar-refractivity contribution in [2.24, 2.45) is 17.8 Å². The SMILES string of the molecule is COC(=O)C1SC(C2CCC3(CC2)OCCO3)=CC1N(C(C)/C=C/C(C)O)C(O)C(C)/C=C/C(C)C. The summed E-state index contributed by atoms with van der Waals surface area (Å²) in [6.07, 6.45) is 12.1. The molecule has 1 saturated carbocycles. The second-order valence-corrected chi connectivity index (χ2v) is 11.9. The van der Waals surface area contributed by atoms with Crippen molar-refractivity contribution < 1.29 is 29.2 Å². The second kappa shape index (κ2) is 13.1. The molecular formula is C28H45NO6S. The molecule has 0 aromatic heterocycles. The largest absolute Gasteiger partial charge is 0.468 e. The van der Waals surface area contributed by atoms with Crippen molar-refractivity contribution >= 4 is 17.7 Å². The van der Waals surface area contributed by atoms with E-state index in [-0.39, 0.29) is 24.0 Å². The van der Waals surface area contributed by atoms with Gasteiger partial charge >= 0.3 is 5.97 Å². The minimum atomic E-state index is -0.822. The number of carbonyl (C=O) groups is 1. The van der Waals surface area contributed by atoms with Crippen LogP contribution >= 0.6 is 11.8 Å². The fourth-order valence-electron chi connectivity index (χ4n) is 5.30. The van der Waals surface area contributed by atoms with Gasteiger partial charge in [0.1, 0.15) is 11.5 Å². The molecule has 8 heteroatoms. The van der Waals surface area contributed by atoms with Crippen molar-refractivity contribution in [2.75, 3.05) is 20.3 Å². The summed E-state index contributed by atoms with van der Waals surface area (Å²) in [4.78, 5) is 16.1. The van der Waals surface area contributed by atoms with E-state index in [1.165, 1.54) is 12.0 Å². The first-order chi connectivity index (χ1) is 17.1. The van der Waals surface area contributed by atoms with Crippen LogP contribution in [0.3, 0.4) is 0 Å².